The molecule has 0 aromatic carbocycles. The Morgan fingerprint density at radius 2 is 2.18 bits per heavy atom. The van der Waals surface area contributed by atoms with Crippen molar-refractivity contribution in [3.63, 3.8) is 0 Å². The predicted molar refractivity (Wildman–Crippen MR) is 77.4 cm³/mol. The zero-order valence-electron chi connectivity index (χ0n) is 12.5. The van der Waals surface area contributed by atoms with E-state index in [0.717, 1.165) is 31.9 Å². The van der Waals surface area contributed by atoms with E-state index in [1.54, 1.807) is 4.90 Å². The van der Waals surface area contributed by atoms with Gasteiger partial charge in [-0.15, -0.1) is 0 Å². The Balaban J connectivity index is 1.60. The molecule has 0 bridgehead atoms. The first-order valence-electron chi connectivity index (χ1n) is 7.51. The van der Waals surface area contributed by atoms with E-state index in [2.05, 4.69) is 14.9 Å². The van der Waals surface area contributed by atoms with Gasteiger partial charge in [0, 0.05) is 25.4 Å². The predicted octanol–water partition coefficient (Wildman–Crippen LogP) is 0.550. The maximum atomic E-state index is 12.3. The van der Waals surface area contributed by atoms with E-state index in [0.29, 0.717) is 24.2 Å². The van der Waals surface area contributed by atoms with Crippen LogP contribution in [-0.2, 0) is 14.8 Å². The highest BCUT2D eigenvalue weighted by Gasteiger charge is 2.35. The van der Waals surface area contributed by atoms with E-state index in [4.69, 9.17) is 4.52 Å². The maximum absolute atomic E-state index is 12.3. The standard InChI is InChI=1S/C13H20N4O4S/c1-22(19,20)14-7-6-11(18)17-8-2-3-10(17)12-15-13(21-16-12)9-4-5-9/h9-10,14H,2-8H2,1H3/t10-/m1/s1. The lowest BCUT2D eigenvalue weighted by Crippen LogP contribution is -2.34. The number of likely N-dealkylation sites (tertiary alicyclic amines) is 1. The van der Waals surface area contributed by atoms with Gasteiger partial charge in [0.2, 0.25) is 21.8 Å². The average molecular weight is 328 g/mol. The number of hydrogen-bond donors (Lipinski definition) is 1. The van der Waals surface area contributed by atoms with Gasteiger partial charge >= 0.3 is 0 Å². The summed E-state index contributed by atoms with van der Waals surface area (Å²) in [6.07, 6.45) is 5.10. The van der Waals surface area contributed by atoms with Crippen molar-refractivity contribution in [1.82, 2.24) is 19.8 Å². The van der Waals surface area contributed by atoms with E-state index in [1.807, 2.05) is 0 Å². The van der Waals surface area contributed by atoms with Crippen molar-refractivity contribution in [2.75, 3.05) is 19.3 Å². The van der Waals surface area contributed by atoms with Crippen LogP contribution in [0.5, 0.6) is 0 Å². The van der Waals surface area contributed by atoms with Crippen molar-refractivity contribution in [3.8, 4) is 0 Å². The van der Waals surface area contributed by atoms with Crippen LogP contribution in [0.25, 0.3) is 0 Å². The minimum absolute atomic E-state index is 0.0866. The number of amides is 1. The van der Waals surface area contributed by atoms with Gasteiger partial charge in [0.05, 0.1) is 12.3 Å². The molecule has 1 aliphatic heterocycles. The fraction of sp³-hybridized carbons (Fsp3) is 0.769. The Bertz CT molecular complexity index is 653. The highest BCUT2D eigenvalue weighted by molar-refractivity contribution is 7.88. The molecule has 1 aliphatic carbocycles. The molecule has 3 rings (SSSR count). The summed E-state index contributed by atoms with van der Waals surface area (Å²) in [5, 5.41) is 4.02. The molecule has 1 saturated heterocycles. The van der Waals surface area contributed by atoms with Gasteiger partial charge in [-0.2, -0.15) is 4.98 Å². The summed E-state index contributed by atoms with van der Waals surface area (Å²) in [5.74, 6) is 1.55. The number of aromatic nitrogens is 2. The molecule has 22 heavy (non-hydrogen) atoms. The van der Waals surface area contributed by atoms with Gasteiger partial charge in [0.25, 0.3) is 0 Å². The molecule has 1 N–H and O–H groups in total. The Labute approximate surface area is 129 Å². The lowest BCUT2D eigenvalue weighted by atomic mass is 10.2. The second-order valence-corrected chi connectivity index (χ2v) is 7.76. The molecule has 2 aliphatic rings. The lowest BCUT2D eigenvalue weighted by Gasteiger charge is -2.22. The van der Waals surface area contributed by atoms with E-state index < -0.39 is 10.0 Å². The number of nitrogens with one attached hydrogen (secondary N) is 1. The maximum Gasteiger partial charge on any atom is 0.229 e. The van der Waals surface area contributed by atoms with Crippen LogP contribution in [0.15, 0.2) is 4.52 Å². The minimum Gasteiger partial charge on any atom is -0.339 e. The zero-order chi connectivity index (χ0) is 15.7. The SMILES string of the molecule is CS(=O)(=O)NCCC(=O)N1CCC[C@@H]1c1noc(C2CC2)n1. The second-order valence-electron chi connectivity index (χ2n) is 5.93. The Morgan fingerprint density at radius 1 is 1.41 bits per heavy atom. The van der Waals surface area contributed by atoms with Crippen LogP contribution in [0.4, 0.5) is 0 Å². The van der Waals surface area contributed by atoms with Gasteiger partial charge in [-0.25, -0.2) is 13.1 Å². The van der Waals surface area contributed by atoms with Gasteiger partial charge in [0.15, 0.2) is 5.82 Å². The van der Waals surface area contributed by atoms with E-state index >= 15 is 0 Å². The van der Waals surface area contributed by atoms with Crippen molar-refractivity contribution in [2.45, 2.75) is 44.1 Å². The van der Waals surface area contributed by atoms with Crippen molar-refractivity contribution in [2.24, 2.45) is 0 Å². The zero-order valence-corrected chi connectivity index (χ0v) is 13.3. The molecule has 8 nitrogen and oxygen atoms in total. The molecule has 1 amide bonds. The van der Waals surface area contributed by atoms with E-state index in [1.165, 1.54) is 0 Å². The molecule has 9 heteroatoms. The third kappa shape index (κ3) is 3.64. The van der Waals surface area contributed by atoms with Gasteiger partial charge in [-0.3, -0.25) is 4.79 Å². The van der Waals surface area contributed by atoms with E-state index in [9.17, 15) is 13.2 Å². The van der Waals surface area contributed by atoms with Crippen LogP contribution in [0, 0.1) is 0 Å². The number of nitrogens with zero attached hydrogens (tertiary/aromatic N) is 3. The Morgan fingerprint density at radius 3 is 2.86 bits per heavy atom. The molecule has 2 fully saturated rings. The summed E-state index contributed by atoms with van der Waals surface area (Å²) in [5.41, 5.74) is 0. The molecule has 1 aromatic rings. The molecular formula is C13H20N4O4S. The second kappa shape index (κ2) is 5.96. The average Bonchev–Trinajstić information content (AvgIpc) is 3.00. The largest absolute Gasteiger partial charge is 0.339 e. The first-order valence-corrected chi connectivity index (χ1v) is 9.41. The fourth-order valence-electron chi connectivity index (χ4n) is 2.70. The summed E-state index contributed by atoms with van der Waals surface area (Å²) >= 11 is 0. The van der Waals surface area contributed by atoms with Crippen molar-refractivity contribution < 1.29 is 17.7 Å². The normalized spacial score (nSPS) is 22.2. The molecule has 0 spiro atoms. The number of sulfonamides is 1. The summed E-state index contributed by atoms with van der Waals surface area (Å²) < 4.78 is 29.6. The summed E-state index contributed by atoms with van der Waals surface area (Å²) in [6, 6.07) is -0.151. The van der Waals surface area contributed by atoms with Gasteiger partial charge < -0.3 is 9.42 Å². The van der Waals surface area contributed by atoms with Crippen molar-refractivity contribution >= 4 is 15.9 Å². The van der Waals surface area contributed by atoms with Crippen LogP contribution in [0.1, 0.15) is 55.8 Å². The summed E-state index contributed by atoms with van der Waals surface area (Å²) in [7, 11) is -3.27. The van der Waals surface area contributed by atoms with Crippen molar-refractivity contribution in [3.05, 3.63) is 11.7 Å². The highest BCUT2D eigenvalue weighted by atomic mass is 32.2. The molecular weight excluding hydrogens is 308 g/mol. The molecule has 1 aromatic heterocycles. The fourth-order valence-corrected chi connectivity index (χ4v) is 3.17. The number of carbonyl (C=O) groups excluding carboxylic acids is 1. The minimum atomic E-state index is -3.27. The quantitative estimate of drug-likeness (QED) is 0.817. The first kappa shape index (κ1) is 15.4. The Kier molecular flexibility index (Phi) is 4.18. The smallest absolute Gasteiger partial charge is 0.229 e. The van der Waals surface area contributed by atoms with E-state index in [-0.39, 0.29) is 24.9 Å². The summed E-state index contributed by atoms with van der Waals surface area (Å²) in [6.45, 7) is 0.760. The molecule has 0 radical (unpaired) electrons. The third-order valence-electron chi connectivity index (χ3n) is 3.96. The molecule has 122 valence electrons. The monoisotopic (exact) mass is 328 g/mol. The molecule has 0 unspecified atom stereocenters. The van der Waals surface area contributed by atoms with Gasteiger partial charge in [0.1, 0.15) is 0 Å². The van der Waals surface area contributed by atoms with Gasteiger partial charge in [-0.05, 0) is 25.7 Å². The Hall–Kier alpha value is -1.48. The lowest BCUT2D eigenvalue weighted by molar-refractivity contribution is -0.132. The highest BCUT2D eigenvalue weighted by Crippen LogP contribution is 2.40. The van der Waals surface area contributed by atoms with Crippen LogP contribution in [0.2, 0.25) is 0 Å². The summed E-state index contributed by atoms with van der Waals surface area (Å²) in [4.78, 5) is 18.4. The van der Waals surface area contributed by atoms with Crippen LogP contribution >= 0.6 is 0 Å². The number of hydrogen-bond acceptors (Lipinski definition) is 6. The topological polar surface area (TPSA) is 105 Å². The molecule has 1 atom stereocenters. The van der Waals surface area contributed by atoms with Crippen LogP contribution in [-0.4, -0.2) is 48.7 Å². The molecule has 1 saturated carbocycles. The van der Waals surface area contributed by atoms with Crippen LogP contribution in [0.3, 0.4) is 0 Å². The van der Waals surface area contributed by atoms with Gasteiger partial charge in [-0.1, -0.05) is 5.16 Å². The number of rotatable bonds is 6. The van der Waals surface area contributed by atoms with Crippen LogP contribution < -0.4 is 4.72 Å². The first-order chi connectivity index (χ1) is 10.4. The van der Waals surface area contributed by atoms with Crippen molar-refractivity contribution in [1.29, 1.82) is 0 Å². The third-order valence-corrected chi connectivity index (χ3v) is 4.69. The molecule has 2 heterocycles. The number of carbonyl (C=O) groups is 1.